The molecule has 0 bridgehead atoms. The van der Waals surface area contributed by atoms with Gasteiger partial charge in [-0.25, -0.2) is 5.84 Å². The number of amides is 2. The lowest BCUT2D eigenvalue weighted by Crippen LogP contribution is -2.50. The normalized spacial score (nSPS) is 19.7. The lowest BCUT2D eigenvalue weighted by Gasteiger charge is -2.35. The fourth-order valence-corrected chi connectivity index (χ4v) is 2.12. The first-order valence-electron chi connectivity index (χ1n) is 6.03. The molecule has 0 aromatic heterocycles. The maximum absolute atomic E-state index is 11.4. The van der Waals surface area contributed by atoms with Crippen molar-refractivity contribution in [1.82, 2.24) is 15.6 Å². The van der Waals surface area contributed by atoms with Gasteiger partial charge in [-0.2, -0.15) is 0 Å². The molecule has 0 saturated carbocycles. The second-order valence-corrected chi connectivity index (χ2v) is 4.60. The highest BCUT2D eigenvalue weighted by Crippen LogP contribution is 2.18. The number of likely N-dealkylation sites (tertiary alicyclic amines) is 1. The first kappa shape index (κ1) is 13.9. The standard InChI is InChI=1S/C11H22N4O2/c1-8(11(17)14-12)15-5-3-10(4-6-15)7-13-9(2)16/h8,10H,3-7,12H2,1-2H3,(H,13,16)(H,14,17). The summed E-state index contributed by atoms with van der Waals surface area (Å²) in [5.41, 5.74) is 2.18. The van der Waals surface area contributed by atoms with Gasteiger partial charge in [-0.1, -0.05) is 0 Å². The van der Waals surface area contributed by atoms with Gasteiger partial charge >= 0.3 is 0 Å². The number of hydrazine groups is 1. The summed E-state index contributed by atoms with van der Waals surface area (Å²) < 4.78 is 0. The summed E-state index contributed by atoms with van der Waals surface area (Å²) in [6, 6.07) is -0.179. The predicted molar refractivity (Wildman–Crippen MR) is 64.8 cm³/mol. The molecule has 0 aliphatic carbocycles. The van der Waals surface area contributed by atoms with E-state index in [1.807, 2.05) is 6.92 Å². The molecule has 1 unspecified atom stereocenters. The van der Waals surface area contributed by atoms with Crippen molar-refractivity contribution < 1.29 is 9.59 Å². The van der Waals surface area contributed by atoms with E-state index in [1.54, 1.807) is 0 Å². The average Bonchev–Trinajstić information content (AvgIpc) is 2.35. The van der Waals surface area contributed by atoms with Gasteiger partial charge in [-0.05, 0) is 38.8 Å². The molecule has 1 aliphatic rings. The highest BCUT2D eigenvalue weighted by atomic mass is 16.2. The van der Waals surface area contributed by atoms with E-state index in [4.69, 9.17) is 5.84 Å². The van der Waals surface area contributed by atoms with Gasteiger partial charge in [0.05, 0.1) is 6.04 Å². The number of piperidine rings is 1. The number of nitrogens with zero attached hydrogens (tertiary/aromatic N) is 1. The van der Waals surface area contributed by atoms with Crippen molar-refractivity contribution >= 4 is 11.8 Å². The van der Waals surface area contributed by atoms with Crippen LogP contribution < -0.4 is 16.6 Å². The topological polar surface area (TPSA) is 87.5 Å². The van der Waals surface area contributed by atoms with E-state index in [2.05, 4.69) is 15.6 Å². The quantitative estimate of drug-likeness (QED) is 0.342. The van der Waals surface area contributed by atoms with Crippen LogP contribution in [0.2, 0.25) is 0 Å². The Morgan fingerprint density at radius 1 is 1.41 bits per heavy atom. The molecule has 2 amide bonds. The van der Waals surface area contributed by atoms with Crippen molar-refractivity contribution in [3.8, 4) is 0 Å². The van der Waals surface area contributed by atoms with Crippen molar-refractivity contribution in [2.75, 3.05) is 19.6 Å². The maximum Gasteiger partial charge on any atom is 0.250 e. The molecule has 0 aromatic carbocycles. The Morgan fingerprint density at radius 3 is 2.47 bits per heavy atom. The van der Waals surface area contributed by atoms with Crippen LogP contribution >= 0.6 is 0 Å². The zero-order chi connectivity index (χ0) is 12.8. The highest BCUT2D eigenvalue weighted by molar-refractivity contribution is 5.80. The van der Waals surface area contributed by atoms with Crippen molar-refractivity contribution in [2.24, 2.45) is 11.8 Å². The fraction of sp³-hybridized carbons (Fsp3) is 0.818. The van der Waals surface area contributed by atoms with E-state index in [1.165, 1.54) is 6.92 Å². The molecule has 4 N–H and O–H groups in total. The third-order valence-electron chi connectivity index (χ3n) is 3.36. The number of nitrogens with two attached hydrogens (primary N) is 1. The molecular weight excluding hydrogens is 220 g/mol. The Morgan fingerprint density at radius 2 is 2.00 bits per heavy atom. The molecular formula is C11H22N4O2. The second kappa shape index (κ2) is 6.56. The van der Waals surface area contributed by atoms with Gasteiger partial charge in [0, 0.05) is 13.5 Å². The molecule has 0 radical (unpaired) electrons. The molecule has 1 saturated heterocycles. The molecule has 6 nitrogen and oxygen atoms in total. The monoisotopic (exact) mass is 242 g/mol. The summed E-state index contributed by atoms with van der Waals surface area (Å²) in [5.74, 6) is 5.50. The highest BCUT2D eigenvalue weighted by Gasteiger charge is 2.26. The molecule has 1 fully saturated rings. The zero-order valence-electron chi connectivity index (χ0n) is 10.5. The average molecular weight is 242 g/mol. The molecule has 0 aromatic rings. The fourth-order valence-electron chi connectivity index (χ4n) is 2.12. The largest absolute Gasteiger partial charge is 0.356 e. The second-order valence-electron chi connectivity index (χ2n) is 4.60. The number of nitrogens with one attached hydrogen (secondary N) is 2. The zero-order valence-corrected chi connectivity index (χ0v) is 10.5. The van der Waals surface area contributed by atoms with Crippen LogP contribution in [0.1, 0.15) is 26.7 Å². The van der Waals surface area contributed by atoms with Crippen LogP contribution in [0.5, 0.6) is 0 Å². The van der Waals surface area contributed by atoms with Crippen LogP contribution in [0.4, 0.5) is 0 Å². The van der Waals surface area contributed by atoms with Crippen LogP contribution in [-0.4, -0.2) is 42.4 Å². The van der Waals surface area contributed by atoms with E-state index in [-0.39, 0.29) is 17.9 Å². The summed E-state index contributed by atoms with van der Waals surface area (Å²) in [7, 11) is 0. The molecule has 1 aliphatic heterocycles. The van der Waals surface area contributed by atoms with Gasteiger partial charge in [-0.3, -0.25) is 19.9 Å². The van der Waals surface area contributed by atoms with Gasteiger partial charge in [0.1, 0.15) is 0 Å². The van der Waals surface area contributed by atoms with Crippen LogP contribution in [0.15, 0.2) is 0 Å². The Labute approximate surface area is 102 Å². The van der Waals surface area contributed by atoms with E-state index in [0.29, 0.717) is 5.92 Å². The minimum absolute atomic E-state index is 0.0170. The Balaban J connectivity index is 2.30. The molecule has 0 spiro atoms. The number of hydrogen-bond donors (Lipinski definition) is 3. The maximum atomic E-state index is 11.4. The van der Waals surface area contributed by atoms with Crippen molar-refractivity contribution in [3.63, 3.8) is 0 Å². The summed E-state index contributed by atoms with van der Waals surface area (Å²) in [4.78, 5) is 24.3. The number of carbonyl (C=O) groups excluding carboxylic acids is 2. The number of carbonyl (C=O) groups is 2. The van der Waals surface area contributed by atoms with Crippen LogP contribution in [0.25, 0.3) is 0 Å². The van der Waals surface area contributed by atoms with Gasteiger partial charge in [0.2, 0.25) is 5.91 Å². The van der Waals surface area contributed by atoms with Crippen LogP contribution in [-0.2, 0) is 9.59 Å². The molecule has 1 atom stereocenters. The van der Waals surface area contributed by atoms with Gasteiger partial charge < -0.3 is 5.32 Å². The first-order valence-corrected chi connectivity index (χ1v) is 6.03. The summed E-state index contributed by atoms with van der Waals surface area (Å²) >= 11 is 0. The lowest BCUT2D eigenvalue weighted by atomic mass is 9.95. The molecule has 6 heteroatoms. The number of hydrogen-bond acceptors (Lipinski definition) is 4. The van der Waals surface area contributed by atoms with Crippen LogP contribution in [0.3, 0.4) is 0 Å². The number of rotatable bonds is 4. The third-order valence-corrected chi connectivity index (χ3v) is 3.36. The van der Waals surface area contributed by atoms with Crippen molar-refractivity contribution in [1.29, 1.82) is 0 Å². The van der Waals surface area contributed by atoms with E-state index < -0.39 is 0 Å². The predicted octanol–water partition coefficient (Wildman–Crippen LogP) is -0.787. The van der Waals surface area contributed by atoms with E-state index in [0.717, 1.165) is 32.5 Å². The van der Waals surface area contributed by atoms with Crippen molar-refractivity contribution in [3.05, 3.63) is 0 Å². The van der Waals surface area contributed by atoms with E-state index >= 15 is 0 Å². The Kier molecular flexibility index (Phi) is 5.37. The summed E-state index contributed by atoms with van der Waals surface area (Å²) in [6.07, 6.45) is 2.00. The summed E-state index contributed by atoms with van der Waals surface area (Å²) in [5, 5.41) is 2.84. The molecule has 98 valence electrons. The molecule has 17 heavy (non-hydrogen) atoms. The summed E-state index contributed by atoms with van der Waals surface area (Å²) in [6.45, 7) is 5.87. The van der Waals surface area contributed by atoms with Gasteiger partial charge in [0.15, 0.2) is 0 Å². The molecule has 1 heterocycles. The minimum atomic E-state index is -0.179. The lowest BCUT2D eigenvalue weighted by molar-refractivity contribution is -0.126. The smallest absolute Gasteiger partial charge is 0.250 e. The molecule has 1 rings (SSSR count). The minimum Gasteiger partial charge on any atom is -0.356 e. The van der Waals surface area contributed by atoms with E-state index in [9.17, 15) is 9.59 Å². The van der Waals surface area contributed by atoms with Gasteiger partial charge in [-0.15, -0.1) is 0 Å². The third kappa shape index (κ3) is 4.32. The Hall–Kier alpha value is -1.14. The SMILES string of the molecule is CC(=O)NCC1CCN(C(C)C(=O)NN)CC1. The first-order chi connectivity index (χ1) is 8.04. The van der Waals surface area contributed by atoms with Gasteiger partial charge in [0.25, 0.3) is 5.91 Å². The van der Waals surface area contributed by atoms with Crippen molar-refractivity contribution in [2.45, 2.75) is 32.7 Å². The Bertz CT molecular complexity index is 275. The van der Waals surface area contributed by atoms with Crippen LogP contribution in [0, 0.1) is 5.92 Å².